The van der Waals surface area contributed by atoms with Crippen LogP contribution in [0.5, 0.6) is 5.75 Å². The summed E-state index contributed by atoms with van der Waals surface area (Å²) in [5, 5.41) is 16.7. The summed E-state index contributed by atoms with van der Waals surface area (Å²) < 4.78 is 0.719. The summed E-state index contributed by atoms with van der Waals surface area (Å²) >= 11 is 8.96. The van der Waals surface area contributed by atoms with E-state index in [0.29, 0.717) is 5.56 Å². The van der Waals surface area contributed by atoms with E-state index < -0.39 is 0 Å². The number of hydrogen-bond acceptors (Lipinski definition) is 3. The molecule has 0 heterocycles. The van der Waals surface area contributed by atoms with Crippen LogP contribution in [0.1, 0.15) is 5.56 Å². The zero-order valence-corrected chi connectivity index (χ0v) is 9.83. The SMILES string of the molecule is NC(N)=N/N=C\c1cc(Br)cc(Cl)c1O. The van der Waals surface area contributed by atoms with E-state index >= 15 is 0 Å². The van der Waals surface area contributed by atoms with Gasteiger partial charge in [0.05, 0.1) is 11.2 Å². The number of phenolic OH excluding ortho intramolecular Hbond substituents is 1. The molecular formula is C8H8BrClN4O. The van der Waals surface area contributed by atoms with Gasteiger partial charge < -0.3 is 16.6 Å². The number of hydrogen-bond donors (Lipinski definition) is 3. The van der Waals surface area contributed by atoms with Crippen LogP contribution in [0.2, 0.25) is 5.02 Å². The highest BCUT2D eigenvalue weighted by Crippen LogP contribution is 2.30. The molecule has 0 spiro atoms. The van der Waals surface area contributed by atoms with Crippen molar-refractivity contribution >= 4 is 39.7 Å². The molecule has 7 heteroatoms. The summed E-state index contributed by atoms with van der Waals surface area (Å²) in [6, 6.07) is 3.20. The van der Waals surface area contributed by atoms with Crippen LogP contribution in [0.4, 0.5) is 0 Å². The third-order valence-corrected chi connectivity index (χ3v) is 2.17. The molecule has 0 atom stereocenters. The lowest BCUT2D eigenvalue weighted by Crippen LogP contribution is -2.21. The van der Waals surface area contributed by atoms with Gasteiger partial charge in [-0.25, -0.2) is 0 Å². The van der Waals surface area contributed by atoms with Gasteiger partial charge in [0.25, 0.3) is 0 Å². The highest BCUT2D eigenvalue weighted by atomic mass is 79.9. The molecule has 5 nitrogen and oxygen atoms in total. The Morgan fingerprint density at radius 2 is 2.13 bits per heavy atom. The minimum absolute atomic E-state index is 0.0746. The van der Waals surface area contributed by atoms with E-state index in [1.54, 1.807) is 12.1 Å². The lowest BCUT2D eigenvalue weighted by molar-refractivity contribution is 0.474. The fourth-order valence-corrected chi connectivity index (χ4v) is 1.68. The number of phenols is 1. The van der Waals surface area contributed by atoms with Gasteiger partial charge in [0.15, 0.2) is 0 Å². The maximum absolute atomic E-state index is 9.53. The molecule has 0 fully saturated rings. The summed E-state index contributed by atoms with van der Waals surface area (Å²) in [4.78, 5) is 0. The molecule has 0 aliphatic carbocycles. The van der Waals surface area contributed by atoms with Crippen molar-refractivity contribution in [3.8, 4) is 5.75 Å². The molecule has 0 radical (unpaired) electrons. The fraction of sp³-hybridized carbons (Fsp3) is 0. The zero-order chi connectivity index (χ0) is 11.4. The number of halogens is 2. The van der Waals surface area contributed by atoms with Crippen molar-refractivity contribution in [3.63, 3.8) is 0 Å². The van der Waals surface area contributed by atoms with Gasteiger partial charge in [0, 0.05) is 10.0 Å². The van der Waals surface area contributed by atoms with Gasteiger partial charge in [-0.1, -0.05) is 27.5 Å². The van der Waals surface area contributed by atoms with E-state index in [2.05, 4.69) is 26.1 Å². The highest BCUT2D eigenvalue weighted by Gasteiger charge is 2.05. The van der Waals surface area contributed by atoms with E-state index in [9.17, 15) is 5.11 Å². The Hall–Kier alpha value is -1.27. The van der Waals surface area contributed by atoms with Crippen molar-refractivity contribution in [2.24, 2.45) is 21.7 Å². The minimum atomic E-state index is -0.160. The first-order valence-electron chi connectivity index (χ1n) is 3.80. The molecule has 5 N–H and O–H groups in total. The summed E-state index contributed by atoms with van der Waals surface area (Å²) in [6.07, 6.45) is 1.30. The summed E-state index contributed by atoms with van der Waals surface area (Å²) in [7, 11) is 0. The van der Waals surface area contributed by atoms with E-state index in [1.165, 1.54) is 6.21 Å². The van der Waals surface area contributed by atoms with Crippen molar-refractivity contribution in [1.29, 1.82) is 0 Å². The number of guanidine groups is 1. The van der Waals surface area contributed by atoms with E-state index in [1.807, 2.05) is 0 Å². The zero-order valence-electron chi connectivity index (χ0n) is 7.48. The Kier molecular flexibility index (Phi) is 3.93. The highest BCUT2D eigenvalue weighted by molar-refractivity contribution is 9.10. The molecule has 80 valence electrons. The normalized spacial score (nSPS) is 10.5. The van der Waals surface area contributed by atoms with Crippen LogP contribution in [-0.4, -0.2) is 17.3 Å². The van der Waals surface area contributed by atoms with Crippen molar-refractivity contribution in [2.75, 3.05) is 0 Å². The van der Waals surface area contributed by atoms with Gasteiger partial charge in [-0.15, -0.1) is 5.10 Å². The second kappa shape index (κ2) is 4.99. The summed E-state index contributed by atoms with van der Waals surface area (Å²) in [5.41, 5.74) is 10.6. The van der Waals surface area contributed by atoms with Crippen LogP contribution in [0.25, 0.3) is 0 Å². The number of aromatic hydroxyl groups is 1. The summed E-state index contributed by atoms with van der Waals surface area (Å²) in [5.74, 6) is -0.235. The second-order valence-corrected chi connectivity index (χ2v) is 3.92. The van der Waals surface area contributed by atoms with Gasteiger partial charge in [-0.3, -0.25) is 0 Å². The third-order valence-electron chi connectivity index (χ3n) is 1.43. The van der Waals surface area contributed by atoms with Gasteiger partial charge in [-0.05, 0) is 12.1 Å². The number of nitrogens with two attached hydrogens (primary N) is 2. The fourth-order valence-electron chi connectivity index (χ4n) is 0.842. The van der Waals surface area contributed by atoms with Crippen LogP contribution >= 0.6 is 27.5 Å². The van der Waals surface area contributed by atoms with Gasteiger partial charge in [0.1, 0.15) is 5.75 Å². The molecule has 0 aliphatic heterocycles. The smallest absolute Gasteiger partial charge is 0.211 e. The molecule has 1 rings (SSSR count). The predicted molar refractivity (Wildman–Crippen MR) is 64.2 cm³/mol. The Balaban J connectivity index is 3.05. The van der Waals surface area contributed by atoms with E-state index in [-0.39, 0.29) is 16.7 Å². The minimum Gasteiger partial charge on any atom is -0.506 e. The van der Waals surface area contributed by atoms with E-state index in [0.717, 1.165) is 4.47 Å². The third kappa shape index (κ3) is 3.41. The molecule has 15 heavy (non-hydrogen) atoms. The average Bonchev–Trinajstić information content (AvgIpc) is 2.12. The Labute approximate surface area is 99.6 Å². The largest absolute Gasteiger partial charge is 0.506 e. The summed E-state index contributed by atoms with van der Waals surface area (Å²) in [6.45, 7) is 0. The van der Waals surface area contributed by atoms with Crippen LogP contribution < -0.4 is 11.5 Å². The topological polar surface area (TPSA) is 97.0 Å². The Bertz CT molecular complexity index is 429. The van der Waals surface area contributed by atoms with Gasteiger partial charge >= 0.3 is 0 Å². The first-order valence-corrected chi connectivity index (χ1v) is 4.98. The maximum atomic E-state index is 9.53. The predicted octanol–water partition coefficient (Wildman–Crippen LogP) is 1.42. The van der Waals surface area contributed by atoms with Crippen LogP contribution in [0, 0.1) is 0 Å². The standard InChI is InChI=1S/C8H8BrClN4O/c9-5-1-4(3-13-14-8(11)12)7(15)6(10)2-5/h1-3,15H,(H4,11,12,14)/b13-3-. The lowest BCUT2D eigenvalue weighted by Gasteiger charge is -2.01. The molecule has 0 aliphatic rings. The van der Waals surface area contributed by atoms with Crippen LogP contribution in [-0.2, 0) is 0 Å². The molecule has 0 saturated heterocycles. The average molecular weight is 292 g/mol. The molecule has 0 amide bonds. The van der Waals surface area contributed by atoms with Crippen molar-refractivity contribution in [1.82, 2.24) is 0 Å². The monoisotopic (exact) mass is 290 g/mol. The lowest BCUT2D eigenvalue weighted by atomic mass is 10.2. The first-order chi connectivity index (χ1) is 7.00. The van der Waals surface area contributed by atoms with E-state index in [4.69, 9.17) is 23.1 Å². The molecule has 0 aromatic heterocycles. The molecule has 0 saturated carbocycles. The maximum Gasteiger partial charge on any atom is 0.211 e. The number of nitrogens with zero attached hydrogens (tertiary/aromatic N) is 2. The van der Waals surface area contributed by atoms with Crippen LogP contribution in [0.15, 0.2) is 26.8 Å². The van der Waals surface area contributed by atoms with Crippen molar-refractivity contribution in [2.45, 2.75) is 0 Å². The molecule has 1 aromatic carbocycles. The molecular weight excluding hydrogens is 283 g/mol. The Morgan fingerprint density at radius 1 is 1.47 bits per heavy atom. The molecule has 0 unspecified atom stereocenters. The van der Waals surface area contributed by atoms with Gasteiger partial charge in [-0.2, -0.15) is 5.10 Å². The van der Waals surface area contributed by atoms with Gasteiger partial charge in [0.2, 0.25) is 5.96 Å². The second-order valence-electron chi connectivity index (χ2n) is 2.59. The quantitative estimate of drug-likeness (QED) is 0.436. The first kappa shape index (κ1) is 11.8. The molecule has 1 aromatic rings. The number of rotatable bonds is 2. The Morgan fingerprint density at radius 3 is 2.73 bits per heavy atom. The van der Waals surface area contributed by atoms with Crippen molar-refractivity contribution in [3.05, 3.63) is 27.2 Å². The van der Waals surface area contributed by atoms with Crippen LogP contribution in [0.3, 0.4) is 0 Å². The number of benzene rings is 1. The van der Waals surface area contributed by atoms with Crippen molar-refractivity contribution < 1.29 is 5.11 Å². The molecule has 0 bridgehead atoms.